The van der Waals surface area contributed by atoms with Gasteiger partial charge in [-0.15, -0.1) is 11.3 Å². The Hall–Kier alpha value is -1.56. The molecule has 0 saturated carbocycles. The van der Waals surface area contributed by atoms with E-state index in [0.29, 0.717) is 11.6 Å². The van der Waals surface area contributed by atoms with Crippen molar-refractivity contribution in [2.45, 2.75) is 26.2 Å². The van der Waals surface area contributed by atoms with Crippen LogP contribution in [0.3, 0.4) is 0 Å². The highest BCUT2D eigenvalue weighted by atomic mass is 32.1. The van der Waals surface area contributed by atoms with Crippen LogP contribution in [0.2, 0.25) is 0 Å². The molecule has 0 spiro atoms. The minimum atomic E-state index is -0.142. The van der Waals surface area contributed by atoms with Gasteiger partial charge < -0.3 is 5.73 Å². The van der Waals surface area contributed by atoms with E-state index in [-0.39, 0.29) is 11.4 Å². The van der Waals surface area contributed by atoms with Crippen LogP contribution < -0.4 is 5.73 Å². The van der Waals surface area contributed by atoms with Gasteiger partial charge in [-0.1, -0.05) is 20.8 Å². The van der Waals surface area contributed by atoms with E-state index in [1.165, 1.54) is 11.3 Å². The standard InChI is InChI=1S/C10H13N5S/c1-10(2,3)8-13-7(14-9(11)15-8)6-4-12-5-16-6/h4-5H,1-3H3,(H2,11,13,14,15). The quantitative estimate of drug-likeness (QED) is 0.816. The number of nitrogens with zero attached hydrogens (tertiary/aromatic N) is 4. The summed E-state index contributed by atoms with van der Waals surface area (Å²) in [6.45, 7) is 6.12. The molecule has 2 rings (SSSR count). The van der Waals surface area contributed by atoms with Crippen LogP contribution in [0.15, 0.2) is 11.7 Å². The van der Waals surface area contributed by atoms with Crippen LogP contribution in [0.4, 0.5) is 5.95 Å². The number of nitrogens with two attached hydrogens (primary N) is 1. The van der Waals surface area contributed by atoms with Crippen molar-refractivity contribution in [1.29, 1.82) is 0 Å². The molecule has 0 bridgehead atoms. The normalized spacial score (nSPS) is 11.7. The predicted molar refractivity (Wildman–Crippen MR) is 64.0 cm³/mol. The Morgan fingerprint density at radius 3 is 2.50 bits per heavy atom. The highest BCUT2D eigenvalue weighted by Crippen LogP contribution is 2.24. The Labute approximate surface area is 97.8 Å². The molecule has 84 valence electrons. The van der Waals surface area contributed by atoms with Crippen molar-refractivity contribution in [3.05, 3.63) is 17.5 Å². The largest absolute Gasteiger partial charge is 0.368 e. The topological polar surface area (TPSA) is 77.6 Å². The number of hydrogen-bond acceptors (Lipinski definition) is 6. The Kier molecular flexibility index (Phi) is 2.59. The van der Waals surface area contributed by atoms with E-state index < -0.39 is 0 Å². The summed E-state index contributed by atoms with van der Waals surface area (Å²) in [5, 5.41) is 0. The van der Waals surface area contributed by atoms with E-state index in [1.807, 2.05) is 20.8 Å². The average molecular weight is 235 g/mol. The van der Waals surface area contributed by atoms with Gasteiger partial charge in [0.05, 0.1) is 10.4 Å². The summed E-state index contributed by atoms with van der Waals surface area (Å²) in [5.74, 6) is 1.55. The van der Waals surface area contributed by atoms with E-state index >= 15 is 0 Å². The number of nitrogen functional groups attached to an aromatic ring is 1. The molecule has 0 radical (unpaired) electrons. The van der Waals surface area contributed by atoms with Crippen LogP contribution >= 0.6 is 11.3 Å². The van der Waals surface area contributed by atoms with Gasteiger partial charge in [0.1, 0.15) is 5.82 Å². The summed E-state index contributed by atoms with van der Waals surface area (Å²) in [7, 11) is 0. The lowest BCUT2D eigenvalue weighted by molar-refractivity contribution is 0.544. The predicted octanol–water partition coefficient (Wildman–Crippen LogP) is 1.87. The number of thiazole rings is 1. The van der Waals surface area contributed by atoms with Crippen molar-refractivity contribution in [2.24, 2.45) is 0 Å². The van der Waals surface area contributed by atoms with E-state index in [4.69, 9.17) is 5.73 Å². The van der Waals surface area contributed by atoms with Crippen LogP contribution in [0.25, 0.3) is 10.7 Å². The summed E-state index contributed by atoms with van der Waals surface area (Å²) in [4.78, 5) is 17.6. The summed E-state index contributed by atoms with van der Waals surface area (Å²) in [5.41, 5.74) is 7.28. The molecule has 2 aromatic rings. The van der Waals surface area contributed by atoms with Crippen LogP contribution in [-0.2, 0) is 5.41 Å². The number of aromatic nitrogens is 4. The molecule has 2 heterocycles. The molecule has 0 atom stereocenters. The Morgan fingerprint density at radius 2 is 1.94 bits per heavy atom. The molecule has 5 nitrogen and oxygen atoms in total. The first-order chi connectivity index (χ1) is 7.47. The molecule has 2 N–H and O–H groups in total. The van der Waals surface area contributed by atoms with Crippen LogP contribution in [0.5, 0.6) is 0 Å². The lowest BCUT2D eigenvalue weighted by Gasteiger charge is -2.16. The molecule has 0 aliphatic heterocycles. The van der Waals surface area contributed by atoms with Gasteiger partial charge in [-0.25, -0.2) is 4.98 Å². The van der Waals surface area contributed by atoms with E-state index in [0.717, 1.165) is 4.88 Å². The highest BCUT2D eigenvalue weighted by molar-refractivity contribution is 7.13. The van der Waals surface area contributed by atoms with Gasteiger partial charge in [0, 0.05) is 11.6 Å². The average Bonchev–Trinajstić information content (AvgIpc) is 2.68. The molecule has 2 aromatic heterocycles. The van der Waals surface area contributed by atoms with Crippen molar-refractivity contribution in [1.82, 2.24) is 19.9 Å². The minimum Gasteiger partial charge on any atom is -0.368 e. The van der Waals surface area contributed by atoms with Gasteiger partial charge in [0.25, 0.3) is 0 Å². The maximum absolute atomic E-state index is 5.68. The Bertz CT molecular complexity index is 486. The first kappa shape index (κ1) is 10.9. The fourth-order valence-corrected chi connectivity index (χ4v) is 1.72. The molecule has 0 aliphatic rings. The van der Waals surface area contributed by atoms with Crippen LogP contribution in [-0.4, -0.2) is 19.9 Å². The van der Waals surface area contributed by atoms with Gasteiger partial charge in [-0.3, -0.25) is 4.98 Å². The van der Waals surface area contributed by atoms with E-state index in [1.54, 1.807) is 11.7 Å². The van der Waals surface area contributed by atoms with Crippen molar-refractivity contribution in [2.75, 3.05) is 5.73 Å². The van der Waals surface area contributed by atoms with Gasteiger partial charge in [-0.2, -0.15) is 9.97 Å². The zero-order valence-electron chi connectivity index (χ0n) is 9.43. The maximum Gasteiger partial charge on any atom is 0.223 e. The smallest absolute Gasteiger partial charge is 0.223 e. The Morgan fingerprint density at radius 1 is 1.19 bits per heavy atom. The highest BCUT2D eigenvalue weighted by Gasteiger charge is 2.20. The summed E-state index contributed by atoms with van der Waals surface area (Å²) >= 11 is 1.48. The SMILES string of the molecule is CC(C)(C)c1nc(N)nc(-c2cncs2)n1. The van der Waals surface area contributed by atoms with E-state index in [2.05, 4.69) is 19.9 Å². The summed E-state index contributed by atoms with van der Waals surface area (Å²) in [6.07, 6.45) is 1.73. The van der Waals surface area contributed by atoms with Gasteiger partial charge in [0.2, 0.25) is 5.95 Å². The van der Waals surface area contributed by atoms with Crippen molar-refractivity contribution < 1.29 is 0 Å². The third-order valence-electron chi connectivity index (χ3n) is 1.98. The first-order valence-corrected chi connectivity index (χ1v) is 5.75. The summed E-state index contributed by atoms with van der Waals surface area (Å²) in [6, 6.07) is 0. The molecule has 0 fully saturated rings. The van der Waals surface area contributed by atoms with E-state index in [9.17, 15) is 0 Å². The summed E-state index contributed by atoms with van der Waals surface area (Å²) < 4.78 is 0. The monoisotopic (exact) mass is 235 g/mol. The second-order valence-electron chi connectivity index (χ2n) is 4.46. The van der Waals surface area contributed by atoms with Gasteiger partial charge in [-0.05, 0) is 0 Å². The lowest BCUT2D eigenvalue weighted by atomic mass is 9.96. The van der Waals surface area contributed by atoms with Crippen LogP contribution in [0, 0.1) is 0 Å². The van der Waals surface area contributed by atoms with Crippen LogP contribution in [0.1, 0.15) is 26.6 Å². The number of anilines is 1. The zero-order valence-corrected chi connectivity index (χ0v) is 10.2. The zero-order chi connectivity index (χ0) is 11.8. The number of rotatable bonds is 1. The molecule has 0 amide bonds. The first-order valence-electron chi connectivity index (χ1n) is 4.88. The third kappa shape index (κ3) is 2.16. The van der Waals surface area contributed by atoms with Crippen molar-refractivity contribution in [3.8, 4) is 10.7 Å². The molecule has 0 saturated heterocycles. The molecule has 0 unspecified atom stereocenters. The second kappa shape index (κ2) is 3.79. The van der Waals surface area contributed by atoms with Gasteiger partial charge in [0.15, 0.2) is 5.82 Å². The fraction of sp³-hybridized carbons (Fsp3) is 0.400. The molecule has 0 aliphatic carbocycles. The number of hydrogen-bond donors (Lipinski definition) is 1. The minimum absolute atomic E-state index is 0.142. The fourth-order valence-electron chi connectivity index (χ4n) is 1.16. The molecular weight excluding hydrogens is 222 g/mol. The Balaban J connectivity index is 2.53. The third-order valence-corrected chi connectivity index (χ3v) is 2.75. The van der Waals surface area contributed by atoms with Crippen molar-refractivity contribution >= 4 is 17.3 Å². The maximum atomic E-state index is 5.68. The molecule has 0 aromatic carbocycles. The molecule has 16 heavy (non-hydrogen) atoms. The molecular formula is C10H13N5S. The molecule has 6 heteroatoms. The van der Waals surface area contributed by atoms with Gasteiger partial charge >= 0.3 is 0 Å². The van der Waals surface area contributed by atoms with Crippen molar-refractivity contribution in [3.63, 3.8) is 0 Å². The lowest BCUT2D eigenvalue weighted by Crippen LogP contribution is -2.18. The second-order valence-corrected chi connectivity index (χ2v) is 5.34.